The van der Waals surface area contributed by atoms with E-state index in [1.807, 2.05) is 24.3 Å². The summed E-state index contributed by atoms with van der Waals surface area (Å²) in [6.07, 6.45) is 8.00. The Morgan fingerprint density at radius 2 is 1.68 bits per heavy atom. The van der Waals surface area contributed by atoms with Gasteiger partial charge in [-0.2, -0.15) is 0 Å². The SMILES string of the molecule is S=C(Nc1ccccc1Cl)NC1C[C@H]2CC[C@H](C1)N2C1CC1. The molecule has 2 saturated heterocycles. The molecule has 5 heteroatoms. The number of anilines is 1. The Kier molecular flexibility index (Phi) is 4.01. The van der Waals surface area contributed by atoms with Crippen LogP contribution in [0.1, 0.15) is 38.5 Å². The Morgan fingerprint density at radius 3 is 2.32 bits per heavy atom. The minimum absolute atomic E-state index is 0.495. The summed E-state index contributed by atoms with van der Waals surface area (Å²) in [7, 11) is 0. The zero-order valence-corrected chi connectivity index (χ0v) is 14.2. The molecule has 1 aromatic carbocycles. The molecule has 0 spiro atoms. The Labute approximate surface area is 142 Å². The van der Waals surface area contributed by atoms with E-state index in [0.717, 1.165) is 23.8 Å². The van der Waals surface area contributed by atoms with Crippen molar-refractivity contribution in [1.29, 1.82) is 0 Å². The zero-order chi connectivity index (χ0) is 15.1. The van der Waals surface area contributed by atoms with E-state index in [4.69, 9.17) is 23.8 Å². The highest BCUT2D eigenvalue weighted by Crippen LogP contribution is 2.43. The molecule has 2 atom stereocenters. The van der Waals surface area contributed by atoms with Crippen LogP contribution in [-0.2, 0) is 0 Å². The highest BCUT2D eigenvalue weighted by atomic mass is 35.5. The third-order valence-electron chi connectivity index (χ3n) is 5.22. The van der Waals surface area contributed by atoms with Crippen molar-refractivity contribution < 1.29 is 0 Å². The zero-order valence-electron chi connectivity index (χ0n) is 12.6. The predicted molar refractivity (Wildman–Crippen MR) is 95.5 cm³/mol. The number of fused-ring (bicyclic) bond motifs is 2. The maximum Gasteiger partial charge on any atom is 0.171 e. The van der Waals surface area contributed by atoms with Crippen molar-refractivity contribution in [1.82, 2.24) is 10.2 Å². The lowest BCUT2D eigenvalue weighted by Crippen LogP contribution is -2.51. The van der Waals surface area contributed by atoms with Crippen LogP contribution in [0.4, 0.5) is 5.69 Å². The van der Waals surface area contributed by atoms with Crippen LogP contribution in [0.5, 0.6) is 0 Å². The molecule has 4 rings (SSSR count). The third-order valence-corrected chi connectivity index (χ3v) is 5.76. The minimum Gasteiger partial charge on any atom is -0.360 e. The van der Waals surface area contributed by atoms with Gasteiger partial charge in [-0.25, -0.2) is 0 Å². The molecule has 2 N–H and O–H groups in total. The number of halogens is 1. The number of thiocarbonyl (C=S) groups is 1. The fourth-order valence-electron chi connectivity index (χ4n) is 4.21. The second-order valence-corrected chi connectivity index (χ2v) is 7.63. The highest BCUT2D eigenvalue weighted by Gasteiger charge is 2.46. The molecule has 1 aromatic rings. The molecule has 0 aromatic heterocycles. The molecule has 0 radical (unpaired) electrons. The van der Waals surface area contributed by atoms with Gasteiger partial charge in [0.1, 0.15) is 0 Å². The molecule has 3 aliphatic rings. The molecule has 118 valence electrons. The molecule has 1 aliphatic carbocycles. The third kappa shape index (κ3) is 2.97. The van der Waals surface area contributed by atoms with Crippen molar-refractivity contribution in [2.24, 2.45) is 0 Å². The van der Waals surface area contributed by atoms with Crippen LogP contribution in [0, 0.1) is 0 Å². The molecular weight excluding hydrogens is 314 g/mol. The first kappa shape index (κ1) is 14.7. The molecule has 3 fully saturated rings. The molecule has 2 bridgehead atoms. The quantitative estimate of drug-likeness (QED) is 0.822. The van der Waals surface area contributed by atoms with Crippen molar-refractivity contribution >= 4 is 34.6 Å². The first-order valence-electron chi connectivity index (χ1n) is 8.30. The van der Waals surface area contributed by atoms with Crippen LogP contribution in [-0.4, -0.2) is 34.2 Å². The number of piperidine rings is 1. The Morgan fingerprint density at radius 1 is 1.05 bits per heavy atom. The number of hydrogen-bond donors (Lipinski definition) is 2. The summed E-state index contributed by atoms with van der Waals surface area (Å²) in [5.41, 5.74) is 0.875. The van der Waals surface area contributed by atoms with E-state index in [9.17, 15) is 0 Å². The number of para-hydroxylation sites is 1. The summed E-state index contributed by atoms with van der Waals surface area (Å²) in [4.78, 5) is 2.81. The van der Waals surface area contributed by atoms with Crippen LogP contribution >= 0.6 is 23.8 Å². The second kappa shape index (κ2) is 5.99. The van der Waals surface area contributed by atoms with Gasteiger partial charge in [0.2, 0.25) is 0 Å². The average molecular weight is 336 g/mol. The standard InChI is InChI=1S/C17H22ClN3S/c18-15-3-1-2-4-16(15)20-17(22)19-11-9-13-7-8-14(10-11)21(13)12-5-6-12/h1-4,11-14H,5-10H2,(H2,19,20,22)/t13-,14-/m1/s1. The van der Waals surface area contributed by atoms with E-state index < -0.39 is 0 Å². The van der Waals surface area contributed by atoms with Gasteiger partial charge >= 0.3 is 0 Å². The predicted octanol–water partition coefficient (Wildman–Crippen LogP) is 3.78. The summed E-state index contributed by atoms with van der Waals surface area (Å²) in [5, 5.41) is 8.13. The monoisotopic (exact) mass is 335 g/mol. The van der Waals surface area contributed by atoms with E-state index in [0.29, 0.717) is 16.2 Å². The molecule has 3 nitrogen and oxygen atoms in total. The van der Waals surface area contributed by atoms with Crippen LogP contribution in [0.15, 0.2) is 24.3 Å². The van der Waals surface area contributed by atoms with E-state index in [1.165, 1.54) is 38.5 Å². The summed E-state index contributed by atoms with van der Waals surface area (Å²) in [6, 6.07) is 10.7. The van der Waals surface area contributed by atoms with Gasteiger partial charge < -0.3 is 10.6 Å². The molecule has 1 saturated carbocycles. The molecule has 0 unspecified atom stereocenters. The van der Waals surface area contributed by atoms with Crippen molar-refractivity contribution in [2.45, 2.75) is 62.7 Å². The summed E-state index contributed by atoms with van der Waals surface area (Å²) in [6.45, 7) is 0. The van der Waals surface area contributed by atoms with E-state index >= 15 is 0 Å². The topological polar surface area (TPSA) is 27.3 Å². The van der Waals surface area contributed by atoms with Gasteiger partial charge in [-0.3, -0.25) is 4.90 Å². The van der Waals surface area contributed by atoms with Crippen LogP contribution in [0.2, 0.25) is 5.02 Å². The maximum absolute atomic E-state index is 6.17. The number of nitrogens with one attached hydrogen (secondary N) is 2. The van der Waals surface area contributed by atoms with Gasteiger partial charge in [0, 0.05) is 24.2 Å². The van der Waals surface area contributed by atoms with Gasteiger partial charge in [-0.15, -0.1) is 0 Å². The van der Waals surface area contributed by atoms with Gasteiger partial charge in [-0.1, -0.05) is 23.7 Å². The maximum atomic E-state index is 6.17. The van der Waals surface area contributed by atoms with Crippen molar-refractivity contribution in [3.8, 4) is 0 Å². The van der Waals surface area contributed by atoms with E-state index in [2.05, 4.69) is 15.5 Å². The Bertz CT molecular complexity index is 561. The lowest BCUT2D eigenvalue weighted by Gasteiger charge is -2.39. The normalized spacial score (nSPS) is 31.0. The Balaban J connectivity index is 1.34. The molecule has 0 amide bonds. The molecular formula is C17H22ClN3S. The number of hydrogen-bond acceptors (Lipinski definition) is 2. The number of rotatable bonds is 3. The molecule has 2 aliphatic heterocycles. The van der Waals surface area contributed by atoms with Crippen molar-refractivity contribution in [3.63, 3.8) is 0 Å². The van der Waals surface area contributed by atoms with E-state index in [1.54, 1.807) is 0 Å². The van der Waals surface area contributed by atoms with Crippen LogP contribution in [0.25, 0.3) is 0 Å². The van der Waals surface area contributed by atoms with Gasteiger partial charge in [0.05, 0.1) is 10.7 Å². The van der Waals surface area contributed by atoms with Crippen molar-refractivity contribution in [2.75, 3.05) is 5.32 Å². The molecule has 2 heterocycles. The first-order valence-corrected chi connectivity index (χ1v) is 9.09. The minimum atomic E-state index is 0.495. The van der Waals surface area contributed by atoms with Gasteiger partial charge in [0.15, 0.2) is 5.11 Å². The fourth-order valence-corrected chi connectivity index (χ4v) is 4.67. The summed E-state index contributed by atoms with van der Waals surface area (Å²) in [5.74, 6) is 0. The fraction of sp³-hybridized carbons (Fsp3) is 0.588. The number of benzene rings is 1. The van der Waals surface area contributed by atoms with Crippen molar-refractivity contribution in [3.05, 3.63) is 29.3 Å². The number of nitrogens with zero attached hydrogens (tertiary/aromatic N) is 1. The second-order valence-electron chi connectivity index (χ2n) is 6.81. The Hall–Kier alpha value is -0.840. The summed E-state index contributed by atoms with van der Waals surface area (Å²) >= 11 is 11.6. The van der Waals surface area contributed by atoms with Gasteiger partial charge in [0.25, 0.3) is 0 Å². The molecule has 22 heavy (non-hydrogen) atoms. The lowest BCUT2D eigenvalue weighted by atomic mass is 9.97. The summed E-state index contributed by atoms with van der Waals surface area (Å²) < 4.78 is 0. The van der Waals surface area contributed by atoms with Crippen LogP contribution in [0.3, 0.4) is 0 Å². The van der Waals surface area contributed by atoms with Gasteiger partial charge in [-0.05, 0) is 62.9 Å². The highest BCUT2D eigenvalue weighted by molar-refractivity contribution is 7.80. The van der Waals surface area contributed by atoms with Crippen LogP contribution < -0.4 is 10.6 Å². The van der Waals surface area contributed by atoms with E-state index in [-0.39, 0.29) is 0 Å². The largest absolute Gasteiger partial charge is 0.360 e. The lowest BCUT2D eigenvalue weighted by molar-refractivity contribution is 0.114. The first-order chi connectivity index (χ1) is 10.7. The average Bonchev–Trinajstić information content (AvgIpc) is 3.28. The smallest absolute Gasteiger partial charge is 0.171 e.